The maximum absolute atomic E-state index is 9.66. The van der Waals surface area contributed by atoms with Crippen molar-refractivity contribution in [2.45, 2.75) is 37.8 Å². The molecule has 0 bridgehead atoms. The SMILES string of the molecule is COc1ccc(C(CN)N2CCCCCC2CO)cc1. The number of likely N-dealkylation sites (tertiary alicyclic amines) is 1. The molecule has 0 saturated carbocycles. The molecule has 2 unspecified atom stereocenters. The Morgan fingerprint density at radius 2 is 2.05 bits per heavy atom. The van der Waals surface area contributed by atoms with Gasteiger partial charge in [-0.3, -0.25) is 4.90 Å². The molecule has 1 aromatic carbocycles. The normalized spacial score (nSPS) is 22.2. The summed E-state index contributed by atoms with van der Waals surface area (Å²) in [6.45, 7) is 1.80. The number of benzene rings is 1. The van der Waals surface area contributed by atoms with E-state index in [2.05, 4.69) is 17.0 Å². The Kier molecular flexibility index (Phi) is 5.83. The average Bonchev–Trinajstić information content (AvgIpc) is 2.74. The van der Waals surface area contributed by atoms with Crippen LogP contribution in [0, 0.1) is 0 Å². The number of aliphatic hydroxyl groups is 1. The van der Waals surface area contributed by atoms with E-state index in [4.69, 9.17) is 10.5 Å². The molecule has 1 saturated heterocycles. The van der Waals surface area contributed by atoms with Crippen LogP contribution in [0.3, 0.4) is 0 Å². The molecular formula is C16H26N2O2. The van der Waals surface area contributed by atoms with Crippen molar-refractivity contribution in [3.63, 3.8) is 0 Å². The minimum atomic E-state index is 0.177. The van der Waals surface area contributed by atoms with Crippen LogP contribution in [0.2, 0.25) is 0 Å². The fourth-order valence-electron chi connectivity index (χ4n) is 3.10. The molecule has 1 aliphatic heterocycles. The third kappa shape index (κ3) is 3.51. The zero-order chi connectivity index (χ0) is 14.4. The summed E-state index contributed by atoms with van der Waals surface area (Å²) < 4.78 is 5.21. The van der Waals surface area contributed by atoms with Crippen molar-refractivity contribution in [3.05, 3.63) is 29.8 Å². The van der Waals surface area contributed by atoms with Gasteiger partial charge in [-0.05, 0) is 37.1 Å². The molecule has 3 N–H and O–H groups in total. The molecule has 1 aliphatic rings. The molecule has 20 heavy (non-hydrogen) atoms. The first-order valence-corrected chi connectivity index (χ1v) is 7.50. The second-order valence-electron chi connectivity index (χ2n) is 5.45. The number of rotatable bonds is 5. The van der Waals surface area contributed by atoms with Crippen LogP contribution in [0.4, 0.5) is 0 Å². The molecule has 0 aromatic heterocycles. The van der Waals surface area contributed by atoms with E-state index in [0.717, 1.165) is 18.7 Å². The zero-order valence-electron chi connectivity index (χ0n) is 12.3. The third-order valence-corrected chi connectivity index (χ3v) is 4.26. The van der Waals surface area contributed by atoms with Crippen LogP contribution in [-0.4, -0.2) is 42.9 Å². The van der Waals surface area contributed by atoms with Gasteiger partial charge in [-0.2, -0.15) is 0 Å². The average molecular weight is 278 g/mol. The molecule has 0 spiro atoms. The molecule has 1 heterocycles. The Morgan fingerprint density at radius 3 is 2.65 bits per heavy atom. The molecule has 0 aliphatic carbocycles. The Labute approximate surface area is 121 Å². The van der Waals surface area contributed by atoms with Gasteiger partial charge in [0.05, 0.1) is 13.7 Å². The van der Waals surface area contributed by atoms with Gasteiger partial charge < -0.3 is 15.6 Å². The first-order valence-electron chi connectivity index (χ1n) is 7.50. The molecule has 0 amide bonds. The Hall–Kier alpha value is -1.10. The van der Waals surface area contributed by atoms with Crippen LogP contribution in [0.1, 0.15) is 37.3 Å². The quantitative estimate of drug-likeness (QED) is 0.864. The van der Waals surface area contributed by atoms with E-state index >= 15 is 0 Å². The Morgan fingerprint density at radius 1 is 1.30 bits per heavy atom. The highest BCUT2D eigenvalue weighted by molar-refractivity contribution is 5.29. The van der Waals surface area contributed by atoms with Gasteiger partial charge in [-0.25, -0.2) is 0 Å². The second-order valence-corrected chi connectivity index (χ2v) is 5.45. The number of ether oxygens (including phenoxy) is 1. The molecule has 0 radical (unpaired) electrons. The van der Waals surface area contributed by atoms with Crippen molar-refractivity contribution in [2.24, 2.45) is 5.73 Å². The lowest BCUT2D eigenvalue weighted by molar-refractivity contribution is 0.0870. The molecule has 1 fully saturated rings. The molecule has 2 atom stereocenters. The summed E-state index contributed by atoms with van der Waals surface area (Å²) >= 11 is 0. The summed E-state index contributed by atoms with van der Waals surface area (Å²) in [5.41, 5.74) is 7.22. The summed E-state index contributed by atoms with van der Waals surface area (Å²) in [4.78, 5) is 2.38. The highest BCUT2D eigenvalue weighted by Gasteiger charge is 2.27. The Bertz CT molecular complexity index is 394. The summed E-state index contributed by atoms with van der Waals surface area (Å²) in [6, 6.07) is 8.52. The predicted molar refractivity (Wildman–Crippen MR) is 80.8 cm³/mol. The van der Waals surface area contributed by atoms with Crippen molar-refractivity contribution in [1.82, 2.24) is 4.90 Å². The first kappa shape index (κ1) is 15.3. The van der Waals surface area contributed by atoms with E-state index in [1.165, 1.54) is 24.8 Å². The van der Waals surface area contributed by atoms with Crippen LogP contribution < -0.4 is 10.5 Å². The van der Waals surface area contributed by atoms with Gasteiger partial charge in [0, 0.05) is 18.6 Å². The highest BCUT2D eigenvalue weighted by atomic mass is 16.5. The van der Waals surface area contributed by atoms with E-state index in [1.807, 2.05) is 12.1 Å². The largest absolute Gasteiger partial charge is 0.497 e. The summed E-state index contributed by atoms with van der Waals surface area (Å²) in [7, 11) is 1.67. The lowest BCUT2D eigenvalue weighted by Crippen LogP contribution is -2.43. The van der Waals surface area contributed by atoms with E-state index < -0.39 is 0 Å². The minimum Gasteiger partial charge on any atom is -0.497 e. The molecule has 2 rings (SSSR count). The van der Waals surface area contributed by atoms with Crippen LogP contribution in [0.5, 0.6) is 5.75 Å². The predicted octanol–water partition coefficient (Wildman–Crippen LogP) is 1.93. The van der Waals surface area contributed by atoms with E-state index in [1.54, 1.807) is 7.11 Å². The summed E-state index contributed by atoms with van der Waals surface area (Å²) in [6.07, 6.45) is 4.68. The van der Waals surface area contributed by atoms with E-state index in [-0.39, 0.29) is 18.7 Å². The van der Waals surface area contributed by atoms with E-state index in [0.29, 0.717) is 6.54 Å². The number of nitrogens with two attached hydrogens (primary N) is 1. The van der Waals surface area contributed by atoms with Crippen LogP contribution >= 0.6 is 0 Å². The van der Waals surface area contributed by atoms with Crippen LogP contribution in [0.25, 0.3) is 0 Å². The first-order chi connectivity index (χ1) is 9.80. The molecule has 112 valence electrons. The molecule has 1 aromatic rings. The summed E-state index contributed by atoms with van der Waals surface area (Å²) in [5, 5.41) is 9.66. The van der Waals surface area contributed by atoms with Crippen molar-refractivity contribution < 1.29 is 9.84 Å². The van der Waals surface area contributed by atoms with Gasteiger partial charge in [0.15, 0.2) is 0 Å². The lowest BCUT2D eigenvalue weighted by atomic mass is 10.0. The maximum Gasteiger partial charge on any atom is 0.118 e. The fourth-order valence-corrected chi connectivity index (χ4v) is 3.10. The zero-order valence-corrected chi connectivity index (χ0v) is 12.3. The standard InChI is InChI=1S/C16H26N2O2/c1-20-15-8-6-13(7-9-15)16(11-17)18-10-4-2-3-5-14(18)12-19/h6-9,14,16,19H,2-5,10-12,17H2,1H3. The van der Waals surface area contributed by atoms with Crippen LogP contribution in [-0.2, 0) is 0 Å². The molecule has 4 nitrogen and oxygen atoms in total. The van der Waals surface area contributed by atoms with Crippen molar-refractivity contribution >= 4 is 0 Å². The number of hydrogen-bond donors (Lipinski definition) is 2. The van der Waals surface area contributed by atoms with Crippen molar-refractivity contribution in [1.29, 1.82) is 0 Å². The number of hydrogen-bond acceptors (Lipinski definition) is 4. The molecule has 4 heteroatoms. The van der Waals surface area contributed by atoms with Gasteiger partial charge in [-0.1, -0.05) is 25.0 Å². The van der Waals surface area contributed by atoms with Crippen molar-refractivity contribution in [2.75, 3.05) is 26.8 Å². The van der Waals surface area contributed by atoms with Crippen molar-refractivity contribution in [3.8, 4) is 5.75 Å². The smallest absolute Gasteiger partial charge is 0.118 e. The number of nitrogens with zero attached hydrogens (tertiary/aromatic N) is 1. The number of aliphatic hydroxyl groups excluding tert-OH is 1. The second kappa shape index (κ2) is 7.62. The Balaban J connectivity index is 2.19. The monoisotopic (exact) mass is 278 g/mol. The van der Waals surface area contributed by atoms with Gasteiger partial charge in [0.2, 0.25) is 0 Å². The highest BCUT2D eigenvalue weighted by Crippen LogP contribution is 2.28. The van der Waals surface area contributed by atoms with Crippen LogP contribution in [0.15, 0.2) is 24.3 Å². The number of methoxy groups -OCH3 is 1. The maximum atomic E-state index is 9.66. The summed E-state index contributed by atoms with van der Waals surface area (Å²) in [5.74, 6) is 0.860. The lowest BCUT2D eigenvalue weighted by Gasteiger charge is -2.36. The van der Waals surface area contributed by atoms with Gasteiger partial charge in [0.1, 0.15) is 5.75 Å². The fraction of sp³-hybridized carbons (Fsp3) is 0.625. The minimum absolute atomic E-state index is 0.177. The molecular weight excluding hydrogens is 252 g/mol. The van der Waals surface area contributed by atoms with Gasteiger partial charge in [0.25, 0.3) is 0 Å². The van der Waals surface area contributed by atoms with E-state index in [9.17, 15) is 5.11 Å². The van der Waals surface area contributed by atoms with Gasteiger partial charge in [-0.15, -0.1) is 0 Å². The van der Waals surface area contributed by atoms with Gasteiger partial charge >= 0.3 is 0 Å². The third-order valence-electron chi connectivity index (χ3n) is 4.26. The topological polar surface area (TPSA) is 58.7 Å².